The molecule has 0 spiro atoms. The number of rotatable bonds is 5. The molecule has 1 aromatic carbocycles. The predicted octanol–water partition coefficient (Wildman–Crippen LogP) is 3.91. The van der Waals surface area contributed by atoms with Crippen LogP contribution in [0.1, 0.15) is 32.7 Å². The zero-order valence-electron chi connectivity index (χ0n) is 19.9. The highest BCUT2D eigenvalue weighted by molar-refractivity contribution is 7.90. The molecule has 0 atom stereocenters. The Bertz CT molecular complexity index is 1680. The number of nitrogens with zero attached hydrogens (tertiary/aromatic N) is 4. The quantitative estimate of drug-likeness (QED) is 0.401. The minimum absolute atomic E-state index is 0.0326. The van der Waals surface area contributed by atoms with Crippen LogP contribution in [0.3, 0.4) is 0 Å². The van der Waals surface area contributed by atoms with Crippen molar-refractivity contribution in [1.29, 1.82) is 0 Å². The van der Waals surface area contributed by atoms with E-state index in [1.54, 1.807) is 12.1 Å². The van der Waals surface area contributed by atoms with Gasteiger partial charge in [0.1, 0.15) is 11.5 Å². The molecule has 4 heterocycles. The summed E-state index contributed by atoms with van der Waals surface area (Å²) in [6.45, 7) is 0.612. The number of carbonyl (C=O) groups excluding carboxylic acids is 1. The molecule has 38 heavy (non-hydrogen) atoms. The molecule has 0 unspecified atom stereocenters. The van der Waals surface area contributed by atoms with Gasteiger partial charge < -0.3 is 15.4 Å². The van der Waals surface area contributed by atoms with Gasteiger partial charge >= 0.3 is 6.18 Å². The van der Waals surface area contributed by atoms with Crippen LogP contribution in [0.25, 0.3) is 10.9 Å². The lowest BCUT2D eigenvalue weighted by Gasteiger charge is -2.25. The Morgan fingerprint density at radius 3 is 2.55 bits per heavy atom. The van der Waals surface area contributed by atoms with Crippen LogP contribution in [0.15, 0.2) is 59.9 Å². The third-order valence-electron chi connectivity index (χ3n) is 6.07. The summed E-state index contributed by atoms with van der Waals surface area (Å²) in [4.78, 5) is 26.5. The molecule has 0 aliphatic carbocycles. The van der Waals surface area contributed by atoms with Crippen molar-refractivity contribution in [2.45, 2.75) is 31.0 Å². The molecule has 5 rings (SSSR count). The first kappa shape index (κ1) is 25.5. The van der Waals surface area contributed by atoms with Crippen molar-refractivity contribution in [2.24, 2.45) is 0 Å². The highest BCUT2D eigenvalue weighted by Gasteiger charge is 2.33. The Hall–Kier alpha value is -4.10. The molecule has 196 valence electrons. The van der Waals surface area contributed by atoms with Crippen molar-refractivity contribution in [3.05, 3.63) is 82.8 Å². The maximum atomic E-state index is 13.6. The summed E-state index contributed by atoms with van der Waals surface area (Å²) >= 11 is 0. The van der Waals surface area contributed by atoms with E-state index >= 15 is 0 Å². The average molecular weight is 544 g/mol. The van der Waals surface area contributed by atoms with E-state index in [2.05, 4.69) is 15.0 Å². The van der Waals surface area contributed by atoms with Gasteiger partial charge in [0.15, 0.2) is 14.9 Å². The fourth-order valence-electron chi connectivity index (χ4n) is 4.29. The number of halogens is 3. The number of ether oxygens (including phenoxy) is 1. The molecule has 0 saturated carbocycles. The second-order valence-corrected chi connectivity index (χ2v) is 10.7. The van der Waals surface area contributed by atoms with E-state index in [-0.39, 0.29) is 22.8 Å². The van der Waals surface area contributed by atoms with Gasteiger partial charge in [0.05, 0.1) is 36.5 Å². The number of aromatic nitrogens is 3. The molecule has 13 heteroatoms. The smallest absolute Gasteiger partial charge is 0.383 e. The third-order valence-corrected chi connectivity index (χ3v) is 7.09. The lowest BCUT2D eigenvalue weighted by atomic mass is 10.0. The molecule has 1 aliphatic heterocycles. The number of alkyl halides is 3. The van der Waals surface area contributed by atoms with Crippen LogP contribution >= 0.6 is 0 Å². The molecule has 4 aromatic rings. The molecule has 0 fully saturated rings. The monoisotopic (exact) mass is 543 g/mol. The third kappa shape index (κ3) is 4.77. The molecule has 0 saturated heterocycles. The number of nitrogens with two attached hydrogens (primary N) is 1. The van der Waals surface area contributed by atoms with Gasteiger partial charge in [-0.15, -0.1) is 0 Å². The number of carbonyl (C=O) groups is 1. The number of hydrogen-bond acceptors (Lipinski definition) is 8. The summed E-state index contributed by atoms with van der Waals surface area (Å²) in [5, 5.41) is 0.477. The summed E-state index contributed by atoms with van der Waals surface area (Å²) in [7, 11) is -3.87. The molecule has 2 N–H and O–H groups in total. The van der Waals surface area contributed by atoms with Crippen molar-refractivity contribution in [3.8, 4) is 0 Å². The van der Waals surface area contributed by atoms with E-state index in [1.165, 1.54) is 18.3 Å². The maximum Gasteiger partial charge on any atom is 0.433 e. The van der Waals surface area contributed by atoms with Crippen LogP contribution in [0.5, 0.6) is 0 Å². The van der Waals surface area contributed by atoms with Crippen molar-refractivity contribution in [3.63, 3.8) is 0 Å². The summed E-state index contributed by atoms with van der Waals surface area (Å²) in [6, 6.07) is 9.83. The topological polar surface area (TPSA) is 128 Å². The second kappa shape index (κ2) is 9.33. The van der Waals surface area contributed by atoms with Crippen LogP contribution < -0.4 is 10.6 Å². The number of anilines is 2. The maximum absolute atomic E-state index is 13.6. The molecule has 3 aromatic heterocycles. The first-order chi connectivity index (χ1) is 17.9. The van der Waals surface area contributed by atoms with Gasteiger partial charge in [0, 0.05) is 29.6 Å². The fourth-order valence-corrected chi connectivity index (χ4v) is 5.10. The van der Waals surface area contributed by atoms with Crippen LogP contribution in [0.2, 0.25) is 0 Å². The summed E-state index contributed by atoms with van der Waals surface area (Å²) < 4.78 is 69.4. The van der Waals surface area contributed by atoms with Crippen molar-refractivity contribution in [2.75, 3.05) is 16.9 Å². The highest BCUT2D eigenvalue weighted by Crippen LogP contribution is 2.33. The van der Waals surface area contributed by atoms with Gasteiger partial charge in [-0.2, -0.15) is 13.2 Å². The van der Waals surface area contributed by atoms with Gasteiger partial charge in [0.2, 0.25) is 0 Å². The van der Waals surface area contributed by atoms with E-state index in [4.69, 9.17) is 10.5 Å². The van der Waals surface area contributed by atoms with Gasteiger partial charge in [-0.25, -0.2) is 18.4 Å². The normalized spacial score (nSPS) is 13.5. The number of sulfone groups is 1. The van der Waals surface area contributed by atoms with E-state index in [0.29, 0.717) is 36.2 Å². The minimum atomic E-state index is -4.68. The number of hydrogen-bond donors (Lipinski definition) is 1. The first-order valence-corrected chi connectivity index (χ1v) is 13.1. The van der Waals surface area contributed by atoms with Crippen LogP contribution in [-0.4, -0.2) is 35.5 Å². The molecule has 0 bridgehead atoms. The van der Waals surface area contributed by atoms with Gasteiger partial charge in [-0.05, 0) is 41.5 Å². The summed E-state index contributed by atoms with van der Waals surface area (Å²) in [5.74, 6) is -0.434. The number of fused-ring (bicyclic) bond motifs is 3. The number of benzene rings is 1. The minimum Gasteiger partial charge on any atom is -0.383 e. The lowest BCUT2D eigenvalue weighted by Crippen LogP contribution is -2.32. The number of nitrogen functional groups attached to an aromatic ring is 1. The summed E-state index contributed by atoms with van der Waals surface area (Å²) in [6.07, 6.45) is -1.65. The van der Waals surface area contributed by atoms with Crippen LogP contribution in [-0.2, 0) is 40.5 Å². The van der Waals surface area contributed by atoms with Gasteiger partial charge in [-0.3, -0.25) is 9.78 Å². The van der Waals surface area contributed by atoms with Crippen LogP contribution in [0, 0.1) is 0 Å². The Morgan fingerprint density at radius 2 is 1.87 bits per heavy atom. The SMILES string of the molecule is CS(=O)(=O)c1ncccc1N(Cc1ccc2c3c(c(N)nc2c1)COC3)C(=O)c1ccc(C(F)(F)F)nc1. The van der Waals surface area contributed by atoms with Crippen LogP contribution in [0.4, 0.5) is 24.7 Å². The second-order valence-electron chi connectivity index (χ2n) is 8.72. The Labute approximate surface area is 215 Å². The Kier molecular flexibility index (Phi) is 6.27. The largest absolute Gasteiger partial charge is 0.433 e. The zero-order chi connectivity index (χ0) is 27.2. The molecular weight excluding hydrogens is 523 g/mol. The molecule has 0 radical (unpaired) electrons. The van der Waals surface area contributed by atoms with Crippen molar-refractivity contribution < 1.29 is 31.1 Å². The lowest BCUT2D eigenvalue weighted by molar-refractivity contribution is -0.141. The van der Waals surface area contributed by atoms with E-state index < -0.39 is 27.6 Å². The van der Waals surface area contributed by atoms with E-state index in [1.807, 2.05) is 6.07 Å². The molecule has 1 amide bonds. The van der Waals surface area contributed by atoms with Gasteiger partial charge in [-0.1, -0.05) is 12.1 Å². The van der Waals surface area contributed by atoms with Crippen molar-refractivity contribution >= 4 is 38.2 Å². The fraction of sp³-hybridized carbons (Fsp3) is 0.200. The Balaban J connectivity index is 1.60. The first-order valence-electron chi connectivity index (χ1n) is 11.2. The molecule has 1 aliphatic rings. The van der Waals surface area contributed by atoms with Crippen molar-refractivity contribution in [1.82, 2.24) is 15.0 Å². The molecular formula is C25H20F3N5O4S. The van der Waals surface area contributed by atoms with E-state index in [9.17, 15) is 26.4 Å². The zero-order valence-corrected chi connectivity index (χ0v) is 20.7. The predicted molar refractivity (Wildman–Crippen MR) is 132 cm³/mol. The van der Waals surface area contributed by atoms with Gasteiger partial charge in [0.25, 0.3) is 5.91 Å². The summed E-state index contributed by atoms with van der Waals surface area (Å²) in [5.41, 5.74) is 7.62. The number of pyridine rings is 3. The Morgan fingerprint density at radius 1 is 1.11 bits per heavy atom. The van der Waals surface area contributed by atoms with E-state index in [0.717, 1.165) is 39.9 Å². The number of amides is 1. The molecule has 9 nitrogen and oxygen atoms in total. The average Bonchev–Trinajstić information content (AvgIpc) is 3.37. The standard InChI is InChI=1S/C25H20F3N5O4S/c1-38(35,36)23-20(3-2-8-30-23)33(24(34)15-5-7-21(31-10-15)25(26,27)28)11-14-4-6-16-17-12-37-13-18(17)22(29)32-19(16)9-14/h2-10H,11-13H2,1H3,(H2,29,32). The highest BCUT2D eigenvalue weighted by atomic mass is 32.2.